The van der Waals surface area contributed by atoms with E-state index in [1.165, 1.54) is 4.31 Å². The minimum Gasteiger partial charge on any atom is -0.267 e. The molecular formula is C27H31N3O3S. The van der Waals surface area contributed by atoms with Gasteiger partial charge in [-0.05, 0) is 43.7 Å². The molecule has 3 aromatic rings. The highest BCUT2D eigenvalue weighted by Crippen LogP contribution is 2.29. The van der Waals surface area contributed by atoms with Crippen LogP contribution in [0.4, 0.5) is 5.69 Å². The molecule has 0 bridgehead atoms. The summed E-state index contributed by atoms with van der Waals surface area (Å²) in [5.41, 5.74) is 5.41. The van der Waals surface area contributed by atoms with E-state index in [2.05, 4.69) is 10.5 Å². The highest BCUT2D eigenvalue weighted by Gasteiger charge is 2.28. The number of amides is 1. The van der Waals surface area contributed by atoms with Crippen LogP contribution in [0.5, 0.6) is 0 Å². The number of aryl methyl sites for hydroxylation is 1. The third-order valence-electron chi connectivity index (χ3n) is 5.61. The SMILES string of the molecule is C/C(=N/NC(=O)c1ccccc1N(Cc1ccccc1)S(=O)(=O)c1ccc(C)cc1)C(C)(C)C. The summed E-state index contributed by atoms with van der Waals surface area (Å²) >= 11 is 0. The number of para-hydroxylation sites is 1. The van der Waals surface area contributed by atoms with Crippen molar-refractivity contribution < 1.29 is 13.2 Å². The van der Waals surface area contributed by atoms with Crippen molar-refractivity contribution in [3.63, 3.8) is 0 Å². The van der Waals surface area contributed by atoms with Gasteiger partial charge in [-0.25, -0.2) is 13.8 Å². The zero-order chi connectivity index (χ0) is 24.9. The Morgan fingerprint density at radius 3 is 2.12 bits per heavy atom. The van der Waals surface area contributed by atoms with Gasteiger partial charge >= 0.3 is 0 Å². The second kappa shape index (κ2) is 10.2. The molecule has 0 aliphatic heterocycles. The van der Waals surface area contributed by atoms with Crippen molar-refractivity contribution >= 4 is 27.3 Å². The molecule has 7 heteroatoms. The first-order chi connectivity index (χ1) is 16.0. The van der Waals surface area contributed by atoms with E-state index >= 15 is 0 Å². The van der Waals surface area contributed by atoms with Crippen molar-refractivity contribution in [2.75, 3.05) is 4.31 Å². The van der Waals surface area contributed by atoms with Gasteiger partial charge in [-0.15, -0.1) is 0 Å². The minimum absolute atomic E-state index is 0.0750. The summed E-state index contributed by atoms with van der Waals surface area (Å²) in [6.07, 6.45) is 0. The Morgan fingerprint density at radius 2 is 1.50 bits per heavy atom. The Labute approximate surface area is 202 Å². The normalized spacial score (nSPS) is 12.3. The van der Waals surface area contributed by atoms with Crippen LogP contribution < -0.4 is 9.73 Å². The van der Waals surface area contributed by atoms with Crippen molar-refractivity contribution in [3.8, 4) is 0 Å². The number of hydrazone groups is 1. The molecule has 3 rings (SSSR count). The Hall–Kier alpha value is -3.45. The Kier molecular flexibility index (Phi) is 7.57. The second-order valence-corrected chi connectivity index (χ2v) is 11.1. The lowest BCUT2D eigenvalue weighted by molar-refractivity contribution is 0.0955. The Balaban J connectivity index is 2.08. The van der Waals surface area contributed by atoms with Gasteiger partial charge in [0.2, 0.25) is 0 Å². The van der Waals surface area contributed by atoms with E-state index in [0.29, 0.717) is 0 Å². The lowest BCUT2D eigenvalue weighted by Crippen LogP contribution is -2.33. The maximum Gasteiger partial charge on any atom is 0.273 e. The molecular weight excluding hydrogens is 446 g/mol. The number of nitrogens with one attached hydrogen (secondary N) is 1. The monoisotopic (exact) mass is 477 g/mol. The fourth-order valence-electron chi connectivity index (χ4n) is 3.13. The van der Waals surface area contributed by atoms with E-state index in [4.69, 9.17) is 0 Å². The molecule has 178 valence electrons. The predicted octanol–water partition coefficient (Wildman–Crippen LogP) is 5.54. The zero-order valence-electron chi connectivity index (χ0n) is 20.2. The Morgan fingerprint density at radius 1 is 0.912 bits per heavy atom. The number of hydrogen-bond donors (Lipinski definition) is 1. The van der Waals surface area contributed by atoms with Crippen LogP contribution in [0.3, 0.4) is 0 Å². The first-order valence-corrected chi connectivity index (χ1v) is 12.5. The zero-order valence-corrected chi connectivity index (χ0v) is 21.1. The van der Waals surface area contributed by atoms with E-state index in [1.54, 1.807) is 48.5 Å². The predicted molar refractivity (Wildman–Crippen MR) is 137 cm³/mol. The van der Waals surface area contributed by atoms with Crippen LogP contribution in [0.2, 0.25) is 0 Å². The van der Waals surface area contributed by atoms with Crippen LogP contribution in [0.25, 0.3) is 0 Å². The highest BCUT2D eigenvalue weighted by molar-refractivity contribution is 7.92. The number of rotatable bonds is 7. The summed E-state index contributed by atoms with van der Waals surface area (Å²) in [5.74, 6) is -0.476. The van der Waals surface area contributed by atoms with Crippen molar-refractivity contribution in [2.24, 2.45) is 10.5 Å². The van der Waals surface area contributed by atoms with Crippen LogP contribution >= 0.6 is 0 Å². The second-order valence-electron chi connectivity index (χ2n) is 9.22. The van der Waals surface area contributed by atoms with Crippen molar-refractivity contribution in [3.05, 3.63) is 95.6 Å². The van der Waals surface area contributed by atoms with Gasteiger partial charge in [-0.1, -0.05) is 80.9 Å². The highest BCUT2D eigenvalue weighted by atomic mass is 32.2. The molecule has 0 aliphatic carbocycles. The van der Waals surface area contributed by atoms with Crippen molar-refractivity contribution in [1.29, 1.82) is 0 Å². The van der Waals surface area contributed by atoms with Gasteiger partial charge < -0.3 is 0 Å². The fourth-order valence-corrected chi connectivity index (χ4v) is 4.60. The van der Waals surface area contributed by atoms with Gasteiger partial charge in [0.1, 0.15) is 0 Å². The van der Waals surface area contributed by atoms with Crippen molar-refractivity contribution in [1.82, 2.24) is 5.43 Å². The van der Waals surface area contributed by atoms with E-state index < -0.39 is 15.9 Å². The standard InChI is InChI=1S/C27H31N3O3S/c1-20-15-17-23(18-16-20)34(32,33)30(19-22-11-7-6-8-12-22)25-14-10-9-13-24(25)26(31)29-28-21(2)27(3,4)5/h6-18H,19H2,1-5H3,(H,29,31)/b28-21-. The summed E-state index contributed by atoms with van der Waals surface area (Å²) < 4.78 is 28.9. The number of benzene rings is 3. The summed E-state index contributed by atoms with van der Waals surface area (Å²) in [4.78, 5) is 13.3. The van der Waals surface area contributed by atoms with Crippen LogP contribution in [-0.4, -0.2) is 20.0 Å². The molecule has 6 nitrogen and oxygen atoms in total. The van der Waals surface area contributed by atoms with Crippen LogP contribution in [0.15, 0.2) is 88.9 Å². The van der Waals surface area contributed by atoms with Gasteiger partial charge in [0.15, 0.2) is 0 Å². The maximum atomic E-state index is 13.8. The molecule has 3 aromatic carbocycles. The summed E-state index contributed by atoms with van der Waals surface area (Å²) in [6.45, 7) is 9.82. The molecule has 0 unspecified atom stereocenters. The molecule has 0 aromatic heterocycles. The Bertz CT molecular complexity index is 1280. The number of carbonyl (C=O) groups excluding carboxylic acids is 1. The molecule has 1 N–H and O–H groups in total. The summed E-state index contributed by atoms with van der Waals surface area (Å²) in [6, 6.07) is 22.7. The van der Waals surface area contributed by atoms with Crippen LogP contribution in [-0.2, 0) is 16.6 Å². The summed E-state index contributed by atoms with van der Waals surface area (Å²) in [7, 11) is -3.96. The quantitative estimate of drug-likeness (QED) is 0.358. The van der Waals surface area contributed by atoms with Gasteiger partial charge in [0.05, 0.1) is 22.7 Å². The molecule has 0 atom stereocenters. The first-order valence-electron chi connectivity index (χ1n) is 11.1. The van der Waals surface area contributed by atoms with E-state index in [1.807, 2.05) is 65.0 Å². The fraction of sp³-hybridized carbons (Fsp3) is 0.259. The third-order valence-corrected chi connectivity index (χ3v) is 7.38. The molecule has 1 amide bonds. The van der Waals surface area contributed by atoms with E-state index in [0.717, 1.165) is 16.8 Å². The van der Waals surface area contributed by atoms with Crippen molar-refractivity contribution in [2.45, 2.75) is 46.1 Å². The summed E-state index contributed by atoms with van der Waals surface area (Å²) in [5, 5.41) is 4.24. The lowest BCUT2D eigenvalue weighted by Gasteiger charge is -2.26. The largest absolute Gasteiger partial charge is 0.273 e. The molecule has 0 saturated heterocycles. The first kappa shape index (κ1) is 25.2. The van der Waals surface area contributed by atoms with Crippen LogP contribution in [0.1, 0.15) is 49.2 Å². The molecule has 0 spiro atoms. The van der Waals surface area contributed by atoms with Gasteiger partial charge in [0, 0.05) is 11.1 Å². The molecule has 0 fully saturated rings. The van der Waals surface area contributed by atoms with Gasteiger partial charge in [-0.2, -0.15) is 5.10 Å². The number of hydrogen-bond acceptors (Lipinski definition) is 4. The molecule has 0 aliphatic rings. The number of nitrogens with zero attached hydrogens (tertiary/aromatic N) is 2. The van der Waals surface area contributed by atoms with E-state index in [-0.39, 0.29) is 28.1 Å². The average Bonchev–Trinajstić information content (AvgIpc) is 2.81. The average molecular weight is 478 g/mol. The number of anilines is 1. The van der Waals surface area contributed by atoms with Gasteiger partial charge in [0.25, 0.3) is 15.9 Å². The van der Waals surface area contributed by atoms with E-state index in [9.17, 15) is 13.2 Å². The molecule has 0 radical (unpaired) electrons. The minimum atomic E-state index is -3.96. The molecule has 0 heterocycles. The number of sulfonamides is 1. The van der Waals surface area contributed by atoms with Gasteiger partial charge in [-0.3, -0.25) is 9.10 Å². The molecule has 34 heavy (non-hydrogen) atoms. The van der Waals surface area contributed by atoms with Crippen LogP contribution in [0, 0.1) is 12.3 Å². The third kappa shape index (κ3) is 5.91. The smallest absolute Gasteiger partial charge is 0.267 e. The molecule has 0 saturated carbocycles. The lowest BCUT2D eigenvalue weighted by atomic mass is 9.91. The number of carbonyl (C=O) groups is 1. The topological polar surface area (TPSA) is 78.8 Å². The maximum absolute atomic E-state index is 13.8.